The Labute approximate surface area is 139 Å². The van der Waals surface area contributed by atoms with Gasteiger partial charge in [0.15, 0.2) is 0 Å². The van der Waals surface area contributed by atoms with E-state index in [0.29, 0.717) is 12.6 Å². The van der Waals surface area contributed by atoms with E-state index >= 15 is 0 Å². The molecule has 112 valence electrons. The van der Waals surface area contributed by atoms with Gasteiger partial charge in [0.2, 0.25) is 0 Å². The van der Waals surface area contributed by atoms with Crippen molar-refractivity contribution in [3.8, 4) is 0 Å². The Bertz CT molecular complexity index is 604. The SMILES string of the molecule is Cc1sc(C(CN)N2CCCc3ccccc3C2)cc1Br. The molecule has 1 unspecified atom stereocenters. The van der Waals surface area contributed by atoms with Crippen LogP contribution in [-0.2, 0) is 13.0 Å². The summed E-state index contributed by atoms with van der Waals surface area (Å²) in [5.74, 6) is 0. The highest BCUT2D eigenvalue weighted by molar-refractivity contribution is 9.10. The van der Waals surface area contributed by atoms with Gasteiger partial charge in [0, 0.05) is 27.3 Å². The van der Waals surface area contributed by atoms with Crippen LogP contribution in [0.3, 0.4) is 0 Å². The summed E-state index contributed by atoms with van der Waals surface area (Å²) >= 11 is 5.49. The minimum Gasteiger partial charge on any atom is -0.329 e. The van der Waals surface area contributed by atoms with Gasteiger partial charge in [0.1, 0.15) is 0 Å². The van der Waals surface area contributed by atoms with Crippen molar-refractivity contribution in [1.82, 2.24) is 4.90 Å². The smallest absolute Gasteiger partial charge is 0.0567 e. The van der Waals surface area contributed by atoms with Gasteiger partial charge in [0.05, 0.1) is 6.04 Å². The molecular weight excluding hydrogens is 344 g/mol. The molecule has 4 heteroatoms. The van der Waals surface area contributed by atoms with Crippen LogP contribution in [0.4, 0.5) is 0 Å². The first-order valence-corrected chi connectivity index (χ1v) is 9.06. The Hall–Kier alpha value is -0.680. The molecule has 2 nitrogen and oxygen atoms in total. The summed E-state index contributed by atoms with van der Waals surface area (Å²) < 4.78 is 1.20. The highest BCUT2D eigenvalue weighted by Crippen LogP contribution is 2.34. The van der Waals surface area contributed by atoms with Crippen molar-refractivity contribution in [1.29, 1.82) is 0 Å². The van der Waals surface area contributed by atoms with Crippen LogP contribution in [-0.4, -0.2) is 18.0 Å². The van der Waals surface area contributed by atoms with Crippen molar-refractivity contribution < 1.29 is 0 Å². The lowest BCUT2D eigenvalue weighted by molar-refractivity contribution is 0.198. The first-order chi connectivity index (χ1) is 10.2. The van der Waals surface area contributed by atoms with E-state index in [4.69, 9.17) is 5.73 Å². The quantitative estimate of drug-likeness (QED) is 0.880. The molecule has 2 heterocycles. The maximum absolute atomic E-state index is 6.12. The molecule has 2 N–H and O–H groups in total. The van der Waals surface area contributed by atoms with Gasteiger partial charge in [-0.15, -0.1) is 11.3 Å². The van der Waals surface area contributed by atoms with Crippen molar-refractivity contribution in [2.75, 3.05) is 13.1 Å². The van der Waals surface area contributed by atoms with Gasteiger partial charge in [-0.05, 0) is 59.4 Å². The van der Waals surface area contributed by atoms with Gasteiger partial charge in [-0.1, -0.05) is 24.3 Å². The van der Waals surface area contributed by atoms with Crippen LogP contribution < -0.4 is 5.73 Å². The van der Waals surface area contributed by atoms with Crippen LogP contribution in [0.25, 0.3) is 0 Å². The van der Waals surface area contributed by atoms with Crippen LogP contribution >= 0.6 is 27.3 Å². The Kier molecular flexibility index (Phi) is 4.79. The second-order valence-electron chi connectivity index (χ2n) is 5.65. The van der Waals surface area contributed by atoms with Crippen molar-refractivity contribution in [3.05, 3.63) is 55.7 Å². The highest BCUT2D eigenvalue weighted by Gasteiger charge is 2.24. The molecule has 1 aliphatic rings. The fraction of sp³-hybridized carbons (Fsp3) is 0.412. The van der Waals surface area contributed by atoms with Crippen molar-refractivity contribution in [2.24, 2.45) is 5.73 Å². The largest absolute Gasteiger partial charge is 0.329 e. The van der Waals surface area contributed by atoms with E-state index in [0.717, 1.165) is 13.1 Å². The molecule has 1 aromatic heterocycles. The molecule has 0 amide bonds. The number of nitrogens with two attached hydrogens (primary N) is 1. The topological polar surface area (TPSA) is 29.3 Å². The normalized spacial score (nSPS) is 17.3. The number of thiophene rings is 1. The number of benzene rings is 1. The molecule has 0 saturated carbocycles. The zero-order valence-electron chi connectivity index (χ0n) is 12.3. The van der Waals surface area contributed by atoms with Crippen LogP contribution in [0.1, 0.15) is 33.3 Å². The molecule has 0 radical (unpaired) electrons. The van der Waals surface area contributed by atoms with Crippen LogP contribution in [0.15, 0.2) is 34.8 Å². The molecule has 0 bridgehead atoms. The number of aryl methyl sites for hydroxylation is 2. The van der Waals surface area contributed by atoms with Gasteiger partial charge in [0.25, 0.3) is 0 Å². The van der Waals surface area contributed by atoms with Gasteiger partial charge in [-0.25, -0.2) is 0 Å². The number of hydrogen-bond acceptors (Lipinski definition) is 3. The maximum atomic E-state index is 6.12. The fourth-order valence-corrected chi connectivity index (χ4v) is 4.79. The van der Waals surface area contributed by atoms with E-state index in [1.54, 1.807) is 0 Å². The Balaban J connectivity index is 1.87. The molecule has 0 aliphatic carbocycles. The summed E-state index contributed by atoms with van der Waals surface area (Å²) in [4.78, 5) is 5.25. The molecular formula is C17H21BrN2S. The van der Waals surface area contributed by atoms with E-state index in [9.17, 15) is 0 Å². The molecule has 0 saturated heterocycles. The lowest BCUT2D eigenvalue weighted by Gasteiger charge is -2.29. The van der Waals surface area contributed by atoms with E-state index in [1.807, 2.05) is 11.3 Å². The standard InChI is InChI=1S/C17H21BrN2S/c1-12-15(18)9-17(21-12)16(10-19)20-8-4-7-13-5-2-3-6-14(13)11-20/h2-3,5-6,9,16H,4,7-8,10-11,19H2,1H3. The van der Waals surface area contributed by atoms with Crippen LogP contribution in [0, 0.1) is 6.92 Å². The number of halogens is 1. The van der Waals surface area contributed by atoms with Gasteiger partial charge >= 0.3 is 0 Å². The summed E-state index contributed by atoms with van der Waals surface area (Å²) in [5, 5.41) is 0. The second kappa shape index (κ2) is 6.61. The van der Waals surface area contributed by atoms with Gasteiger partial charge in [-0.3, -0.25) is 4.90 Å². The molecule has 1 aliphatic heterocycles. The third-order valence-corrected chi connectivity index (χ3v) is 6.49. The number of rotatable bonds is 3. The fourth-order valence-electron chi connectivity index (χ4n) is 3.08. The van der Waals surface area contributed by atoms with E-state index < -0.39 is 0 Å². The minimum atomic E-state index is 0.325. The van der Waals surface area contributed by atoms with Gasteiger partial charge < -0.3 is 5.73 Å². The monoisotopic (exact) mass is 364 g/mol. The predicted molar refractivity (Wildman–Crippen MR) is 93.7 cm³/mol. The zero-order chi connectivity index (χ0) is 14.8. The molecule has 3 rings (SSSR count). The average molecular weight is 365 g/mol. The predicted octanol–water partition coefficient (Wildman–Crippen LogP) is 4.27. The summed E-state index contributed by atoms with van der Waals surface area (Å²) in [5.41, 5.74) is 9.07. The molecule has 0 fully saturated rings. The summed E-state index contributed by atoms with van der Waals surface area (Å²) in [6.45, 7) is 4.95. The Morgan fingerprint density at radius 1 is 1.33 bits per heavy atom. The maximum Gasteiger partial charge on any atom is 0.0567 e. The number of fused-ring (bicyclic) bond motifs is 1. The number of nitrogens with zero attached hydrogens (tertiary/aromatic N) is 1. The van der Waals surface area contributed by atoms with Crippen molar-refractivity contribution in [2.45, 2.75) is 32.4 Å². The molecule has 1 aromatic carbocycles. The summed E-state index contributed by atoms with van der Waals surface area (Å²) in [6, 6.07) is 11.4. The second-order valence-corrected chi connectivity index (χ2v) is 7.79. The molecule has 21 heavy (non-hydrogen) atoms. The summed E-state index contributed by atoms with van der Waals surface area (Å²) in [6.07, 6.45) is 2.39. The lowest BCUT2D eigenvalue weighted by atomic mass is 10.0. The third kappa shape index (κ3) is 3.24. The summed E-state index contributed by atoms with van der Waals surface area (Å²) in [7, 11) is 0. The Morgan fingerprint density at radius 2 is 2.10 bits per heavy atom. The lowest BCUT2D eigenvalue weighted by Crippen LogP contribution is -2.33. The van der Waals surface area contributed by atoms with Crippen molar-refractivity contribution in [3.63, 3.8) is 0 Å². The van der Waals surface area contributed by atoms with Crippen molar-refractivity contribution >= 4 is 27.3 Å². The van der Waals surface area contributed by atoms with E-state index in [-0.39, 0.29) is 0 Å². The first kappa shape index (κ1) is 15.2. The van der Waals surface area contributed by atoms with Gasteiger partial charge in [-0.2, -0.15) is 0 Å². The zero-order valence-corrected chi connectivity index (χ0v) is 14.7. The molecule has 1 atom stereocenters. The minimum absolute atomic E-state index is 0.325. The third-order valence-electron chi connectivity index (χ3n) is 4.25. The average Bonchev–Trinajstić information content (AvgIpc) is 2.70. The van der Waals surface area contributed by atoms with E-state index in [2.05, 4.69) is 58.1 Å². The number of hydrogen-bond donors (Lipinski definition) is 1. The molecule has 2 aromatic rings. The molecule has 0 spiro atoms. The van der Waals surface area contributed by atoms with E-state index in [1.165, 1.54) is 38.2 Å². The Morgan fingerprint density at radius 3 is 2.76 bits per heavy atom. The van der Waals surface area contributed by atoms with Crippen LogP contribution in [0.5, 0.6) is 0 Å². The van der Waals surface area contributed by atoms with Crippen LogP contribution in [0.2, 0.25) is 0 Å². The first-order valence-electron chi connectivity index (χ1n) is 7.45. The highest BCUT2D eigenvalue weighted by atomic mass is 79.9.